The van der Waals surface area contributed by atoms with Crippen LogP contribution in [0.2, 0.25) is 0 Å². The minimum Gasteiger partial charge on any atom is -0.494 e. The molecule has 0 aliphatic carbocycles. The first-order chi connectivity index (χ1) is 7.04. The van der Waals surface area contributed by atoms with E-state index in [1.807, 2.05) is 0 Å². The quantitative estimate of drug-likeness (QED) is 0.778. The summed E-state index contributed by atoms with van der Waals surface area (Å²) in [5.74, 6) is -1.82. The van der Waals surface area contributed by atoms with Gasteiger partial charge in [-0.25, -0.2) is 9.18 Å². The average molecular weight is 214 g/mol. The van der Waals surface area contributed by atoms with Gasteiger partial charge in [-0.1, -0.05) is 6.07 Å². The number of methoxy groups -OCH3 is 1. The molecular weight excluding hydrogens is 203 g/mol. The molecule has 0 heterocycles. The lowest BCUT2D eigenvalue weighted by Gasteiger charge is -2.07. The Hall–Kier alpha value is -1.62. The number of hydrogen-bond acceptors (Lipinski definition) is 3. The standard InChI is InChI=1S/C10H11FO4/c1-15-9-3-2-6(4-7(9)11)5-8(12)10(13)14/h2-4,8,12H,5H2,1H3,(H,13,14). The highest BCUT2D eigenvalue weighted by Gasteiger charge is 2.14. The Morgan fingerprint density at radius 2 is 2.27 bits per heavy atom. The van der Waals surface area contributed by atoms with E-state index in [4.69, 9.17) is 14.9 Å². The number of aliphatic hydroxyl groups excluding tert-OH is 1. The van der Waals surface area contributed by atoms with Gasteiger partial charge in [0.25, 0.3) is 0 Å². The number of aliphatic hydroxyl groups is 1. The second-order valence-corrected chi connectivity index (χ2v) is 3.03. The molecule has 0 fully saturated rings. The van der Waals surface area contributed by atoms with Crippen LogP contribution in [0.15, 0.2) is 18.2 Å². The number of aliphatic carboxylic acids is 1. The first-order valence-corrected chi connectivity index (χ1v) is 4.28. The third kappa shape index (κ3) is 2.92. The Morgan fingerprint density at radius 3 is 2.73 bits per heavy atom. The van der Waals surface area contributed by atoms with Crippen molar-refractivity contribution in [3.8, 4) is 5.75 Å². The first-order valence-electron chi connectivity index (χ1n) is 4.28. The molecule has 0 spiro atoms. The van der Waals surface area contributed by atoms with Gasteiger partial charge < -0.3 is 14.9 Å². The van der Waals surface area contributed by atoms with Gasteiger partial charge in [0.2, 0.25) is 0 Å². The van der Waals surface area contributed by atoms with Gasteiger partial charge in [-0.3, -0.25) is 0 Å². The number of halogens is 1. The van der Waals surface area contributed by atoms with Crippen LogP contribution in [0.25, 0.3) is 0 Å². The lowest BCUT2D eigenvalue weighted by molar-refractivity contribution is -0.146. The molecule has 0 aliphatic rings. The molecule has 0 amide bonds. The molecule has 1 rings (SSSR count). The minimum atomic E-state index is -1.52. The van der Waals surface area contributed by atoms with E-state index in [2.05, 4.69) is 0 Å². The molecule has 1 aromatic carbocycles. The van der Waals surface area contributed by atoms with Gasteiger partial charge in [-0.2, -0.15) is 0 Å². The van der Waals surface area contributed by atoms with E-state index in [1.165, 1.54) is 19.2 Å². The Bertz CT molecular complexity index is 364. The average Bonchev–Trinajstić information content (AvgIpc) is 2.18. The van der Waals surface area contributed by atoms with Crippen LogP contribution in [0.3, 0.4) is 0 Å². The molecule has 1 unspecified atom stereocenters. The molecule has 4 nitrogen and oxygen atoms in total. The van der Waals surface area contributed by atoms with Gasteiger partial charge in [-0.05, 0) is 17.7 Å². The minimum absolute atomic E-state index is 0.0866. The molecule has 0 aliphatic heterocycles. The summed E-state index contributed by atoms with van der Waals surface area (Å²) >= 11 is 0. The number of benzene rings is 1. The maximum Gasteiger partial charge on any atom is 0.332 e. The third-order valence-corrected chi connectivity index (χ3v) is 1.93. The summed E-state index contributed by atoms with van der Waals surface area (Å²) in [5.41, 5.74) is 0.406. The SMILES string of the molecule is COc1ccc(CC(O)C(=O)O)cc1F. The summed E-state index contributed by atoms with van der Waals surface area (Å²) in [5, 5.41) is 17.5. The second kappa shape index (κ2) is 4.75. The van der Waals surface area contributed by atoms with Crippen molar-refractivity contribution >= 4 is 5.97 Å². The monoisotopic (exact) mass is 214 g/mol. The van der Waals surface area contributed by atoms with Gasteiger partial charge in [0.1, 0.15) is 0 Å². The third-order valence-electron chi connectivity index (χ3n) is 1.93. The molecule has 1 atom stereocenters. The molecular formula is C10H11FO4. The predicted octanol–water partition coefficient (Wildman–Crippen LogP) is 0.822. The summed E-state index contributed by atoms with van der Waals surface area (Å²) in [6.07, 6.45) is -1.64. The highest BCUT2D eigenvalue weighted by atomic mass is 19.1. The molecule has 0 bridgehead atoms. The Balaban J connectivity index is 2.79. The van der Waals surface area contributed by atoms with Crippen molar-refractivity contribution in [2.24, 2.45) is 0 Å². The predicted molar refractivity (Wildman–Crippen MR) is 50.3 cm³/mol. The Morgan fingerprint density at radius 1 is 1.60 bits per heavy atom. The smallest absolute Gasteiger partial charge is 0.332 e. The van der Waals surface area contributed by atoms with Gasteiger partial charge in [0.05, 0.1) is 7.11 Å². The number of carboxylic acid groups (broad SMARTS) is 1. The largest absolute Gasteiger partial charge is 0.494 e. The fraction of sp³-hybridized carbons (Fsp3) is 0.300. The van der Waals surface area contributed by atoms with Crippen molar-refractivity contribution in [1.82, 2.24) is 0 Å². The molecule has 2 N–H and O–H groups in total. The Labute approximate surface area is 85.9 Å². The highest BCUT2D eigenvalue weighted by molar-refractivity contribution is 5.72. The van der Waals surface area contributed by atoms with Crippen LogP contribution in [-0.4, -0.2) is 29.4 Å². The van der Waals surface area contributed by atoms with E-state index in [1.54, 1.807) is 0 Å². The van der Waals surface area contributed by atoms with Crippen LogP contribution in [0.1, 0.15) is 5.56 Å². The van der Waals surface area contributed by atoms with Gasteiger partial charge >= 0.3 is 5.97 Å². The molecule has 0 aromatic heterocycles. The number of rotatable bonds is 4. The maximum atomic E-state index is 13.1. The first kappa shape index (κ1) is 11.5. The fourth-order valence-corrected chi connectivity index (χ4v) is 1.15. The van der Waals surface area contributed by atoms with Crippen LogP contribution in [0, 0.1) is 5.82 Å². The van der Waals surface area contributed by atoms with E-state index in [0.29, 0.717) is 5.56 Å². The number of ether oxygens (including phenoxy) is 1. The summed E-state index contributed by atoms with van der Waals surface area (Å²) in [7, 11) is 1.34. The van der Waals surface area contributed by atoms with Crippen molar-refractivity contribution in [2.75, 3.05) is 7.11 Å². The van der Waals surface area contributed by atoms with Crippen LogP contribution >= 0.6 is 0 Å². The van der Waals surface area contributed by atoms with E-state index < -0.39 is 17.9 Å². The number of hydrogen-bond donors (Lipinski definition) is 2. The summed E-state index contributed by atoms with van der Waals surface area (Å²) in [6, 6.07) is 4.04. The van der Waals surface area contributed by atoms with E-state index in [9.17, 15) is 9.18 Å². The Kier molecular flexibility index (Phi) is 3.62. The molecule has 82 valence electrons. The molecule has 5 heteroatoms. The van der Waals surface area contributed by atoms with Crippen molar-refractivity contribution < 1.29 is 24.1 Å². The van der Waals surface area contributed by atoms with Gasteiger partial charge in [-0.15, -0.1) is 0 Å². The number of carboxylic acids is 1. The van der Waals surface area contributed by atoms with E-state index in [0.717, 1.165) is 6.07 Å². The normalized spacial score (nSPS) is 12.2. The second-order valence-electron chi connectivity index (χ2n) is 3.03. The van der Waals surface area contributed by atoms with Crippen LogP contribution in [0.5, 0.6) is 5.75 Å². The molecule has 15 heavy (non-hydrogen) atoms. The summed E-state index contributed by atoms with van der Waals surface area (Å²) in [6.45, 7) is 0. The van der Waals surface area contributed by atoms with Crippen molar-refractivity contribution in [2.45, 2.75) is 12.5 Å². The molecule has 0 saturated carbocycles. The highest BCUT2D eigenvalue weighted by Crippen LogP contribution is 2.18. The lowest BCUT2D eigenvalue weighted by atomic mass is 10.1. The van der Waals surface area contributed by atoms with Crippen molar-refractivity contribution in [3.05, 3.63) is 29.6 Å². The zero-order valence-corrected chi connectivity index (χ0v) is 8.11. The van der Waals surface area contributed by atoms with Crippen molar-refractivity contribution in [1.29, 1.82) is 0 Å². The van der Waals surface area contributed by atoms with Crippen LogP contribution in [-0.2, 0) is 11.2 Å². The van der Waals surface area contributed by atoms with Crippen LogP contribution in [0.4, 0.5) is 4.39 Å². The van der Waals surface area contributed by atoms with Gasteiger partial charge in [0.15, 0.2) is 17.7 Å². The van der Waals surface area contributed by atoms with Gasteiger partial charge in [0, 0.05) is 6.42 Å². The molecule has 0 radical (unpaired) electrons. The maximum absolute atomic E-state index is 13.1. The van der Waals surface area contributed by atoms with Crippen LogP contribution < -0.4 is 4.74 Å². The lowest BCUT2D eigenvalue weighted by Crippen LogP contribution is -2.21. The zero-order valence-electron chi connectivity index (χ0n) is 8.11. The van der Waals surface area contributed by atoms with Crippen molar-refractivity contribution in [3.63, 3.8) is 0 Å². The zero-order chi connectivity index (χ0) is 11.4. The fourth-order valence-electron chi connectivity index (χ4n) is 1.15. The number of carbonyl (C=O) groups is 1. The summed E-state index contributed by atoms with van der Waals surface area (Å²) in [4.78, 5) is 10.3. The van der Waals surface area contributed by atoms with E-state index in [-0.39, 0.29) is 12.2 Å². The summed E-state index contributed by atoms with van der Waals surface area (Å²) < 4.78 is 17.8. The molecule has 1 aromatic rings. The van der Waals surface area contributed by atoms with E-state index >= 15 is 0 Å². The topological polar surface area (TPSA) is 66.8 Å². The molecule has 0 saturated heterocycles.